The number of phenolic OH excluding ortho intramolecular Hbond substituents is 1. The maximum atomic E-state index is 13.6. The molecule has 0 unspecified atom stereocenters. The van der Waals surface area contributed by atoms with Crippen LogP contribution in [0.5, 0.6) is 11.5 Å². The van der Waals surface area contributed by atoms with Crippen molar-refractivity contribution in [1.82, 2.24) is 10.6 Å². The minimum atomic E-state index is -0.211. The number of aryl methyl sites for hydroxylation is 1. The monoisotopic (exact) mass is 359 g/mol. The van der Waals surface area contributed by atoms with Crippen LogP contribution in [-0.4, -0.2) is 31.3 Å². The van der Waals surface area contributed by atoms with Gasteiger partial charge in [-0.3, -0.25) is 0 Å². The van der Waals surface area contributed by atoms with Gasteiger partial charge in [0.2, 0.25) is 0 Å². The predicted molar refractivity (Wildman–Crippen MR) is 102 cm³/mol. The van der Waals surface area contributed by atoms with Crippen molar-refractivity contribution in [1.29, 1.82) is 0 Å². The van der Waals surface area contributed by atoms with Gasteiger partial charge in [0.1, 0.15) is 5.82 Å². The van der Waals surface area contributed by atoms with Crippen molar-refractivity contribution in [3.8, 4) is 11.5 Å². The Morgan fingerprint density at radius 3 is 2.62 bits per heavy atom. The van der Waals surface area contributed by atoms with Crippen LogP contribution in [0, 0.1) is 12.7 Å². The second-order valence-corrected chi connectivity index (χ2v) is 5.96. The first kappa shape index (κ1) is 19.6. The number of aromatic hydroxyl groups is 1. The van der Waals surface area contributed by atoms with Crippen molar-refractivity contribution in [3.63, 3.8) is 0 Å². The average Bonchev–Trinajstić information content (AvgIpc) is 2.63. The van der Waals surface area contributed by atoms with Gasteiger partial charge in [-0.15, -0.1) is 0 Å². The highest BCUT2D eigenvalue weighted by molar-refractivity contribution is 5.79. The lowest BCUT2D eigenvalue weighted by molar-refractivity contribution is 0.373. The molecule has 0 radical (unpaired) electrons. The van der Waals surface area contributed by atoms with Gasteiger partial charge in [0.25, 0.3) is 0 Å². The smallest absolute Gasteiger partial charge is 0.191 e. The van der Waals surface area contributed by atoms with Crippen LogP contribution in [-0.2, 0) is 13.0 Å². The van der Waals surface area contributed by atoms with E-state index in [1.807, 2.05) is 25.1 Å². The Hall–Kier alpha value is -2.76. The number of methoxy groups -OCH3 is 1. The number of nitrogens with zero attached hydrogens (tertiary/aromatic N) is 1. The Kier molecular flexibility index (Phi) is 7.26. The lowest BCUT2D eigenvalue weighted by atomic mass is 10.1. The van der Waals surface area contributed by atoms with E-state index in [0.29, 0.717) is 30.4 Å². The summed E-state index contributed by atoms with van der Waals surface area (Å²) in [5.74, 6) is 1.06. The second kappa shape index (κ2) is 9.65. The molecule has 0 amide bonds. The van der Waals surface area contributed by atoms with Gasteiger partial charge in [-0.2, -0.15) is 0 Å². The Morgan fingerprint density at radius 2 is 1.92 bits per heavy atom. The third-order valence-electron chi connectivity index (χ3n) is 3.95. The molecular weight excluding hydrogens is 333 g/mol. The molecule has 26 heavy (non-hydrogen) atoms. The van der Waals surface area contributed by atoms with Crippen LogP contribution in [0.1, 0.15) is 23.6 Å². The first-order chi connectivity index (χ1) is 12.5. The maximum absolute atomic E-state index is 13.6. The number of rotatable bonds is 7. The van der Waals surface area contributed by atoms with Gasteiger partial charge in [-0.05, 0) is 55.2 Å². The van der Waals surface area contributed by atoms with Gasteiger partial charge < -0.3 is 20.5 Å². The van der Waals surface area contributed by atoms with Gasteiger partial charge in [-0.1, -0.05) is 18.2 Å². The molecule has 0 atom stereocenters. The van der Waals surface area contributed by atoms with Crippen LogP contribution in [0.4, 0.5) is 4.39 Å². The van der Waals surface area contributed by atoms with Crippen molar-refractivity contribution < 1.29 is 14.2 Å². The molecule has 140 valence electrons. The van der Waals surface area contributed by atoms with E-state index in [2.05, 4.69) is 15.6 Å². The van der Waals surface area contributed by atoms with Crippen LogP contribution in [0.25, 0.3) is 0 Å². The number of ether oxygens (including phenoxy) is 1. The van der Waals surface area contributed by atoms with Crippen LogP contribution in [0.2, 0.25) is 0 Å². The van der Waals surface area contributed by atoms with E-state index in [1.54, 1.807) is 19.1 Å². The number of guanidine groups is 1. The molecule has 2 aromatic carbocycles. The molecule has 0 aliphatic heterocycles. The number of benzene rings is 2. The minimum Gasteiger partial charge on any atom is -0.504 e. The van der Waals surface area contributed by atoms with Crippen molar-refractivity contribution in [2.24, 2.45) is 4.99 Å². The summed E-state index contributed by atoms with van der Waals surface area (Å²) in [6.45, 7) is 5.54. The molecule has 5 nitrogen and oxygen atoms in total. The van der Waals surface area contributed by atoms with E-state index in [4.69, 9.17) is 4.74 Å². The first-order valence-corrected chi connectivity index (χ1v) is 8.66. The number of hydrogen-bond acceptors (Lipinski definition) is 3. The normalized spacial score (nSPS) is 11.3. The van der Waals surface area contributed by atoms with Crippen molar-refractivity contribution in [2.45, 2.75) is 26.8 Å². The van der Waals surface area contributed by atoms with Crippen LogP contribution >= 0.6 is 0 Å². The largest absolute Gasteiger partial charge is 0.504 e. The molecule has 0 spiro atoms. The van der Waals surface area contributed by atoms with Crippen LogP contribution in [0.3, 0.4) is 0 Å². The third kappa shape index (κ3) is 5.65. The summed E-state index contributed by atoms with van der Waals surface area (Å²) >= 11 is 0. The fourth-order valence-corrected chi connectivity index (χ4v) is 2.45. The van der Waals surface area contributed by atoms with E-state index in [0.717, 1.165) is 24.1 Å². The molecule has 2 aromatic rings. The molecular formula is C20H26FN3O2. The second-order valence-electron chi connectivity index (χ2n) is 5.96. The number of phenols is 1. The predicted octanol–water partition coefficient (Wildman–Crippen LogP) is 3.15. The number of nitrogens with one attached hydrogen (secondary N) is 2. The summed E-state index contributed by atoms with van der Waals surface area (Å²) in [7, 11) is 1.53. The molecule has 0 bridgehead atoms. The van der Waals surface area contributed by atoms with Gasteiger partial charge in [0.05, 0.1) is 13.7 Å². The van der Waals surface area contributed by atoms with Gasteiger partial charge in [0, 0.05) is 13.1 Å². The molecule has 0 saturated carbocycles. The summed E-state index contributed by atoms with van der Waals surface area (Å²) in [4.78, 5) is 4.50. The molecule has 0 aliphatic carbocycles. The molecule has 0 saturated heterocycles. The van der Waals surface area contributed by atoms with Gasteiger partial charge >= 0.3 is 0 Å². The molecule has 6 heteroatoms. The van der Waals surface area contributed by atoms with Gasteiger partial charge in [0.15, 0.2) is 17.5 Å². The Labute approximate surface area is 153 Å². The van der Waals surface area contributed by atoms with E-state index in [1.165, 1.54) is 13.2 Å². The number of halogens is 1. The quantitative estimate of drug-likeness (QED) is 0.525. The molecule has 2 rings (SSSR count). The van der Waals surface area contributed by atoms with Crippen molar-refractivity contribution in [3.05, 3.63) is 58.9 Å². The highest BCUT2D eigenvalue weighted by Crippen LogP contribution is 2.26. The van der Waals surface area contributed by atoms with Crippen LogP contribution in [0.15, 0.2) is 41.4 Å². The zero-order chi connectivity index (χ0) is 18.9. The highest BCUT2D eigenvalue weighted by Gasteiger charge is 2.04. The van der Waals surface area contributed by atoms with E-state index >= 15 is 0 Å². The Morgan fingerprint density at radius 1 is 1.15 bits per heavy atom. The van der Waals surface area contributed by atoms with E-state index in [-0.39, 0.29) is 11.6 Å². The summed E-state index contributed by atoms with van der Waals surface area (Å²) in [6.07, 6.45) is 0.750. The Bertz CT molecular complexity index is 763. The van der Waals surface area contributed by atoms with E-state index in [9.17, 15) is 9.50 Å². The molecule has 0 heterocycles. The molecule has 3 N–H and O–H groups in total. The fraction of sp³-hybridized carbons (Fsp3) is 0.350. The summed E-state index contributed by atoms with van der Waals surface area (Å²) in [5, 5.41) is 16.1. The SMILES string of the molecule is CCNC(=NCc1ccc(C)c(F)c1)NCCc1ccc(O)c(OC)c1. The van der Waals surface area contributed by atoms with Crippen molar-refractivity contribution >= 4 is 5.96 Å². The zero-order valence-corrected chi connectivity index (χ0v) is 15.5. The lowest BCUT2D eigenvalue weighted by Crippen LogP contribution is -2.38. The number of hydrogen-bond donors (Lipinski definition) is 3. The minimum absolute atomic E-state index is 0.129. The molecule has 0 fully saturated rings. The highest BCUT2D eigenvalue weighted by atomic mass is 19.1. The summed E-state index contributed by atoms with van der Waals surface area (Å²) in [5.41, 5.74) is 2.50. The van der Waals surface area contributed by atoms with Gasteiger partial charge in [-0.25, -0.2) is 9.38 Å². The average molecular weight is 359 g/mol. The lowest BCUT2D eigenvalue weighted by Gasteiger charge is -2.12. The maximum Gasteiger partial charge on any atom is 0.191 e. The first-order valence-electron chi connectivity index (χ1n) is 8.66. The summed E-state index contributed by atoms with van der Waals surface area (Å²) in [6, 6.07) is 10.5. The van der Waals surface area contributed by atoms with Crippen LogP contribution < -0.4 is 15.4 Å². The summed E-state index contributed by atoms with van der Waals surface area (Å²) < 4.78 is 18.7. The van der Waals surface area contributed by atoms with Crippen molar-refractivity contribution in [2.75, 3.05) is 20.2 Å². The molecule has 0 aliphatic rings. The Balaban J connectivity index is 1.93. The topological polar surface area (TPSA) is 65.9 Å². The molecule has 0 aromatic heterocycles. The standard InChI is InChI=1S/C20H26FN3O2/c1-4-22-20(24-13-16-6-5-14(2)17(21)11-16)23-10-9-15-7-8-18(25)19(12-15)26-3/h5-8,11-12,25H,4,9-10,13H2,1-3H3,(H2,22,23,24). The zero-order valence-electron chi connectivity index (χ0n) is 15.5. The van der Waals surface area contributed by atoms with E-state index < -0.39 is 0 Å². The third-order valence-corrected chi connectivity index (χ3v) is 3.95. The number of aliphatic imine (C=N–C) groups is 1. The fourth-order valence-electron chi connectivity index (χ4n) is 2.45.